The summed E-state index contributed by atoms with van der Waals surface area (Å²) in [6.45, 7) is 5.19. The van der Waals surface area contributed by atoms with E-state index in [0.717, 1.165) is 22.5 Å². The molecule has 0 fully saturated rings. The summed E-state index contributed by atoms with van der Waals surface area (Å²) < 4.78 is 26.3. The lowest BCUT2D eigenvalue weighted by Crippen LogP contribution is -2.10. The number of rotatable bonds is 7. The molecule has 0 saturated heterocycles. The Kier molecular flexibility index (Phi) is 6.70. The second-order valence-electron chi connectivity index (χ2n) is 6.80. The van der Waals surface area contributed by atoms with Gasteiger partial charge < -0.3 is 10.00 Å². The van der Waals surface area contributed by atoms with Crippen molar-refractivity contribution < 1.29 is 28.5 Å². The van der Waals surface area contributed by atoms with Crippen molar-refractivity contribution in [2.24, 2.45) is 0 Å². The zero-order valence-electron chi connectivity index (χ0n) is 15.9. The first kappa shape index (κ1) is 21.7. The molecule has 0 aliphatic rings. The van der Waals surface area contributed by atoms with Crippen molar-refractivity contribution in [3.8, 4) is 11.1 Å². The minimum Gasteiger partial charge on any atom is -0.481 e. The van der Waals surface area contributed by atoms with Gasteiger partial charge in [-0.1, -0.05) is 18.2 Å². The van der Waals surface area contributed by atoms with Crippen LogP contribution in [0.2, 0.25) is 0 Å². The van der Waals surface area contributed by atoms with E-state index in [4.69, 9.17) is 5.11 Å². The second-order valence-corrected chi connectivity index (χ2v) is 8.92. The van der Waals surface area contributed by atoms with E-state index in [-0.39, 0.29) is 5.82 Å². The van der Waals surface area contributed by atoms with Crippen LogP contribution in [0.3, 0.4) is 0 Å². The zero-order valence-corrected chi connectivity index (χ0v) is 16.8. The fourth-order valence-electron chi connectivity index (χ4n) is 2.98. The molecule has 28 heavy (non-hydrogen) atoms. The average Bonchev–Trinajstić information content (AvgIpc) is 2.56. The predicted molar refractivity (Wildman–Crippen MR) is 107 cm³/mol. The van der Waals surface area contributed by atoms with Gasteiger partial charge in [0, 0.05) is 5.82 Å². The van der Waals surface area contributed by atoms with Crippen LogP contribution in [-0.4, -0.2) is 27.9 Å². The fraction of sp³-hybridized carbons (Fsp3) is 0.238. The third kappa shape index (κ3) is 5.47. The number of hydrogen-bond acceptors (Lipinski definition) is 3. The molecule has 0 bridgehead atoms. The van der Waals surface area contributed by atoms with Gasteiger partial charge >= 0.3 is 5.97 Å². The normalized spacial score (nSPS) is 13.5. The molecule has 5 nitrogen and oxygen atoms in total. The van der Waals surface area contributed by atoms with Gasteiger partial charge in [-0.15, -0.1) is 0 Å². The highest BCUT2D eigenvalue weighted by Crippen LogP contribution is 2.43. The third-order valence-corrected chi connectivity index (χ3v) is 5.72. The smallest absolute Gasteiger partial charge is 0.310 e. The number of carbonyl (C=O) groups is 2. The largest absolute Gasteiger partial charge is 0.481 e. The second kappa shape index (κ2) is 8.63. The zero-order chi connectivity index (χ0) is 21.1. The Morgan fingerprint density at radius 2 is 1.71 bits per heavy atom. The first-order chi connectivity index (χ1) is 13.0. The third-order valence-electron chi connectivity index (χ3n) is 4.30. The molecule has 7 heteroatoms. The molecule has 0 heterocycles. The lowest BCUT2D eigenvalue weighted by Gasteiger charge is -2.13. The van der Waals surface area contributed by atoms with E-state index in [1.165, 1.54) is 6.08 Å². The van der Waals surface area contributed by atoms with Gasteiger partial charge in [-0.05, 0) is 72.4 Å². The Balaban J connectivity index is 2.42. The maximum atomic E-state index is 14.0. The number of carboxylic acid groups (broad SMARTS) is 1. The van der Waals surface area contributed by atoms with Gasteiger partial charge in [0.15, 0.2) is 5.78 Å². The van der Waals surface area contributed by atoms with E-state index in [1.807, 2.05) is 25.1 Å². The van der Waals surface area contributed by atoms with Gasteiger partial charge in [-0.25, -0.2) is 4.39 Å². The maximum absolute atomic E-state index is 14.0. The van der Waals surface area contributed by atoms with Gasteiger partial charge in [-0.3, -0.25) is 14.2 Å². The van der Waals surface area contributed by atoms with Crippen molar-refractivity contribution in [3.63, 3.8) is 0 Å². The van der Waals surface area contributed by atoms with Gasteiger partial charge in [0.25, 0.3) is 0 Å². The highest BCUT2D eigenvalue weighted by Gasteiger charge is 2.21. The number of carboxylic acids is 1. The van der Waals surface area contributed by atoms with E-state index in [2.05, 4.69) is 0 Å². The lowest BCUT2D eigenvalue weighted by atomic mass is 9.93. The maximum Gasteiger partial charge on any atom is 0.310 e. The monoisotopic (exact) mass is 404 g/mol. The molecule has 2 aromatic carbocycles. The quantitative estimate of drug-likeness (QED) is 0.515. The van der Waals surface area contributed by atoms with E-state index >= 15 is 0 Å². The number of ketones is 1. The van der Waals surface area contributed by atoms with Crippen molar-refractivity contribution in [1.29, 1.82) is 0 Å². The van der Waals surface area contributed by atoms with Crippen LogP contribution < -0.4 is 0 Å². The van der Waals surface area contributed by atoms with Crippen molar-refractivity contribution >= 4 is 25.2 Å². The van der Waals surface area contributed by atoms with Crippen LogP contribution in [0.4, 0.5) is 4.39 Å². The molecular weight excluding hydrogens is 382 g/mol. The summed E-state index contributed by atoms with van der Waals surface area (Å²) in [5, 5.41) is 8.61. The van der Waals surface area contributed by atoms with Gasteiger partial charge in [-0.2, -0.15) is 0 Å². The minimum atomic E-state index is -3.98. The van der Waals surface area contributed by atoms with Crippen molar-refractivity contribution in [3.05, 3.63) is 64.2 Å². The Bertz CT molecular complexity index is 987. The standard InChI is InChI=1S/C21H22FO5P/c1-13-5-4-6-19(16-9-14(2)21(22)15(3)10-16)18(13)7-8-28(26,27)12-17(23)11-20(24)25/h4-10H,11-12H2,1-3H3,(H,24,25)(H,26,27). The molecule has 0 aliphatic heterocycles. The summed E-state index contributed by atoms with van der Waals surface area (Å²) in [7, 11) is -3.98. The lowest BCUT2D eigenvalue weighted by molar-refractivity contribution is -0.139. The van der Waals surface area contributed by atoms with Gasteiger partial charge in [0.05, 0.1) is 6.16 Å². The van der Waals surface area contributed by atoms with Crippen molar-refractivity contribution in [2.45, 2.75) is 27.2 Å². The fourth-order valence-corrected chi connectivity index (χ4v) is 4.08. The Morgan fingerprint density at radius 3 is 2.29 bits per heavy atom. The molecule has 2 N–H and O–H groups in total. The highest BCUT2D eigenvalue weighted by molar-refractivity contribution is 7.62. The summed E-state index contributed by atoms with van der Waals surface area (Å²) in [6, 6.07) is 8.93. The molecule has 2 rings (SSSR count). The van der Waals surface area contributed by atoms with E-state index in [0.29, 0.717) is 16.7 Å². The first-order valence-electron chi connectivity index (χ1n) is 8.61. The van der Waals surface area contributed by atoms with Crippen molar-refractivity contribution in [1.82, 2.24) is 0 Å². The molecule has 2 aromatic rings. The van der Waals surface area contributed by atoms with E-state index in [1.54, 1.807) is 26.0 Å². The summed E-state index contributed by atoms with van der Waals surface area (Å²) in [5.74, 6) is -1.36. The molecule has 0 amide bonds. The van der Waals surface area contributed by atoms with Gasteiger partial charge in [0.2, 0.25) is 7.37 Å². The van der Waals surface area contributed by atoms with Crippen LogP contribution in [-0.2, 0) is 14.2 Å². The minimum absolute atomic E-state index is 0.273. The predicted octanol–water partition coefficient (Wildman–Crippen LogP) is 4.70. The Labute approximate surface area is 163 Å². The molecule has 0 aliphatic carbocycles. The molecule has 148 valence electrons. The summed E-state index contributed by atoms with van der Waals surface area (Å²) in [6.07, 6.45) is -0.0541. The van der Waals surface area contributed by atoms with Gasteiger partial charge in [0.1, 0.15) is 12.2 Å². The summed E-state index contributed by atoms with van der Waals surface area (Å²) in [4.78, 5) is 32.2. The molecule has 1 unspecified atom stereocenters. The number of benzene rings is 2. The molecule has 0 aromatic heterocycles. The Morgan fingerprint density at radius 1 is 1.11 bits per heavy atom. The number of halogens is 1. The summed E-state index contributed by atoms with van der Waals surface area (Å²) in [5.41, 5.74) is 4.05. The molecule has 0 saturated carbocycles. The van der Waals surface area contributed by atoms with Crippen molar-refractivity contribution in [2.75, 3.05) is 6.16 Å². The van der Waals surface area contributed by atoms with Crippen LogP contribution in [0.15, 0.2) is 36.1 Å². The molecular formula is C21H22FO5P. The SMILES string of the molecule is Cc1cc(-c2cccc(C)c2C=CP(=O)(O)CC(=O)CC(=O)O)cc(C)c1F. The molecule has 1 atom stereocenters. The highest BCUT2D eigenvalue weighted by atomic mass is 31.2. The van der Waals surface area contributed by atoms with E-state index < -0.39 is 31.7 Å². The molecule has 0 radical (unpaired) electrons. The number of aryl methyl sites for hydroxylation is 3. The number of hydrogen-bond donors (Lipinski definition) is 2. The first-order valence-corrected chi connectivity index (χ1v) is 10.5. The average molecular weight is 404 g/mol. The van der Waals surface area contributed by atoms with Crippen LogP contribution in [0.1, 0.15) is 28.7 Å². The van der Waals surface area contributed by atoms with Crippen LogP contribution in [0.5, 0.6) is 0 Å². The number of Topliss-reactive ketones (excluding diaryl/α,β-unsaturated/α-hetero) is 1. The topological polar surface area (TPSA) is 91.7 Å². The van der Waals surface area contributed by atoms with Crippen LogP contribution in [0.25, 0.3) is 17.2 Å². The Hall–Kier alpha value is -2.56. The molecule has 0 spiro atoms. The van der Waals surface area contributed by atoms with Crippen LogP contribution >= 0.6 is 7.37 Å². The van der Waals surface area contributed by atoms with E-state index in [9.17, 15) is 23.4 Å². The number of carbonyl (C=O) groups excluding carboxylic acids is 1. The van der Waals surface area contributed by atoms with Crippen LogP contribution in [0, 0.1) is 26.6 Å². The summed E-state index contributed by atoms with van der Waals surface area (Å²) >= 11 is 0. The number of aliphatic carboxylic acids is 1.